The van der Waals surface area contributed by atoms with Crippen LogP contribution in [0.4, 0.5) is 0 Å². The molecule has 2 unspecified atom stereocenters. The summed E-state index contributed by atoms with van der Waals surface area (Å²) in [5.74, 6) is 0.331. The standard InChI is InChI=1S/C10H21NO/c1-6-8(3)11(5)9(4)10(12)7-2/h8-9H,6-7H2,1-5H3. The van der Waals surface area contributed by atoms with E-state index in [0.29, 0.717) is 18.2 Å². The fraction of sp³-hybridized carbons (Fsp3) is 0.900. The molecule has 0 rings (SSSR count). The minimum atomic E-state index is 0.0740. The van der Waals surface area contributed by atoms with Crippen molar-refractivity contribution in [2.75, 3.05) is 7.05 Å². The Hall–Kier alpha value is -0.370. The molecule has 0 heterocycles. The summed E-state index contributed by atoms with van der Waals surface area (Å²) in [6.07, 6.45) is 1.74. The van der Waals surface area contributed by atoms with Crippen LogP contribution in [0.25, 0.3) is 0 Å². The zero-order valence-electron chi connectivity index (χ0n) is 8.92. The van der Waals surface area contributed by atoms with E-state index in [1.165, 1.54) is 0 Å². The number of Topliss-reactive ketones (excluding diaryl/α,β-unsaturated/α-hetero) is 1. The Kier molecular flexibility index (Phi) is 5.14. The number of likely N-dealkylation sites (N-methyl/N-ethyl adjacent to an activating group) is 1. The van der Waals surface area contributed by atoms with Crippen LogP contribution in [0.1, 0.15) is 40.5 Å². The molecule has 12 heavy (non-hydrogen) atoms. The van der Waals surface area contributed by atoms with Gasteiger partial charge in [-0.2, -0.15) is 0 Å². The number of hydrogen-bond donors (Lipinski definition) is 0. The zero-order chi connectivity index (χ0) is 9.72. The fourth-order valence-corrected chi connectivity index (χ4v) is 1.19. The summed E-state index contributed by atoms with van der Waals surface area (Å²) in [4.78, 5) is 13.5. The summed E-state index contributed by atoms with van der Waals surface area (Å²) in [5.41, 5.74) is 0. The molecule has 0 aliphatic rings. The van der Waals surface area contributed by atoms with Crippen LogP contribution in [-0.2, 0) is 4.79 Å². The number of carbonyl (C=O) groups excluding carboxylic acids is 1. The highest BCUT2D eigenvalue weighted by atomic mass is 16.1. The van der Waals surface area contributed by atoms with Crippen molar-refractivity contribution in [3.63, 3.8) is 0 Å². The molecule has 0 aromatic heterocycles. The van der Waals surface area contributed by atoms with E-state index in [2.05, 4.69) is 18.7 Å². The molecule has 0 saturated heterocycles. The predicted molar refractivity (Wildman–Crippen MR) is 52.3 cm³/mol. The SMILES string of the molecule is CCC(=O)C(C)N(C)C(C)CC. The lowest BCUT2D eigenvalue weighted by molar-refractivity contribution is -0.123. The maximum absolute atomic E-state index is 11.3. The van der Waals surface area contributed by atoms with Crippen molar-refractivity contribution in [3.05, 3.63) is 0 Å². The summed E-state index contributed by atoms with van der Waals surface area (Å²) in [6.45, 7) is 8.20. The maximum atomic E-state index is 11.3. The minimum Gasteiger partial charge on any atom is -0.298 e. The third kappa shape index (κ3) is 2.94. The van der Waals surface area contributed by atoms with Gasteiger partial charge in [0.25, 0.3) is 0 Å². The Balaban J connectivity index is 4.08. The van der Waals surface area contributed by atoms with E-state index in [0.717, 1.165) is 6.42 Å². The van der Waals surface area contributed by atoms with Crippen molar-refractivity contribution in [2.24, 2.45) is 0 Å². The Morgan fingerprint density at radius 2 is 1.83 bits per heavy atom. The molecule has 0 fully saturated rings. The molecule has 2 atom stereocenters. The van der Waals surface area contributed by atoms with Crippen molar-refractivity contribution in [1.29, 1.82) is 0 Å². The number of carbonyl (C=O) groups is 1. The lowest BCUT2D eigenvalue weighted by Crippen LogP contribution is -2.41. The van der Waals surface area contributed by atoms with Gasteiger partial charge >= 0.3 is 0 Å². The largest absolute Gasteiger partial charge is 0.298 e. The van der Waals surface area contributed by atoms with Crippen molar-refractivity contribution < 1.29 is 4.79 Å². The second-order valence-corrected chi connectivity index (χ2v) is 3.42. The first-order chi connectivity index (χ1) is 5.54. The van der Waals surface area contributed by atoms with Crippen LogP contribution in [0.3, 0.4) is 0 Å². The molecule has 0 N–H and O–H groups in total. The Morgan fingerprint density at radius 3 is 2.17 bits per heavy atom. The van der Waals surface area contributed by atoms with Gasteiger partial charge in [0, 0.05) is 12.5 Å². The average molecular weight is 171 g/mol. The molecule has 0 aliphatic carbocycles. The summed E-state index contributed by atoms with van der Waals surface area (Å²) >= 11 is 0. The quantitative estimate of drug-likeness (QED) is 0.631. The van der Waals surface area contributed by atoms with Gasteiger partial charge in [0.15, 0.2) is 0 Å². The topological polar surface area (TPSA) is 20.3 Å². The smallest absolute Gasteiger partial charge is 0.149 e. The average Bonchev–Trinajstić information content (AvgIpc) is 2.12. The van der Waals surface area contributed by atoms with Crippen LogP contribution in [0.15, 0.2) is 0 Å². The third-order valence-electron chi connectivity index (χ3n) is 2.71. The second-order valence-electron chi connectivity index (χ2n) is 3.42. The van der Waals surface area contributed by atoms with Gasteiger partial charge < -0.3 is 0 Å². The van der Waals surface area contributed by atoms with E-state index in [4.69, 9.17) is 0 Å². The first-order valence-corrected chi connectivity index (χ1v) is 4.79. The van der Waals surface area contributed by atoms with E-state index in [1.807, 2.05) is 20.9 Å². The number of ketones is 1. The van der Waals surface area contributed by atoms with Crippen molar-refractivity contribution in [3.8, 4) is 0 Å². The molecule has 0 bridgehead atoms. The molecule has 0 radical (unpaired) electrons. The van der Waals surface area contributed by atoms with Crippen LogP contribution in [0, 0.1) is 0 Å². The molecule has 2 heteroatoms. The van der Waals surface area contributed by atoms with E-state index in [9.17, 15) is 4.79 Å². The van der Waals surface area contributed by atoms with Crippen molar-refractivity contribution in [1.82, 2.24) is 4.90 Å². The first kappa shape index (κ1) is 11.6. The van der Waals surface area contributed by atoms with E-state index >= 15 is 0 Å². The lowest BCUT2D eigenvalue weighted by Gasteiger charge is -2.28. The molecule has 0 saturated carbocycles. The highest BCUT2D eigenvalue weighted by molar-refractivity contribution is 5.83. The lowest BCUT2D eigenvalue weighted by atomic mass is 10.1. The van der Waals surface area contributed by atoms with Crippen LogP contribution in [-0.4, -0.2) is 29.8 Å². The van der Waals surface area contributed by atoms with Gasteiger partial charge in [-0.1, -0.05) is 13.8 Å². The van der Waals surface area contributed by atoms with Gasteiger partial charge in [0.05, 0.1) is 6.04 Å². The Labute approximate surface area is 75.9 Å². The van der Waals surface area contributed by atoms with Gasteiger partial charge in [-0.25, -0.2) is 0 Å². The molecule has 0 amide bonds. The van der Waals surface area contributed by atoms with Crippen LogP contribution in [0.2, 0.25) is 0 Å². The fourth-order valence-electron chi connectivity index (χ4n) is 1.19. The third-order valence-corrected chi connectivity index (χ3v) is 2.71. The van der Waals surface area contributed by atoms with Crippen molar-refractivity contribution >= 4 is 5.78 Å². The minimum absolute atomic E-state index is 0.0740. The molecule has 72 valence electrons. The number of hydrogen-bond acceptors (Lipinski definition) is 2. The highest BCUT2D eigenvalue weighted by Crippen LogP contribution is 2.07. The van der Waals surface area contributed by atoms with Crippen molar-refractivity contribution in [2.45, 2.75) is 52.6 Å². The van der Waals surface area contributed by atoms with Gasteiger partial charge in [-0.3, -0.25) is 9.69 Å². The van der Waals surface area contributed by atoms with E-state index in [-0.39, 0.29) is 6.04 Å². The summed E-state index contributed by atoms with van der Waals surface area (Å²) < 4.78 is 0. The van der Waals surface area contributed by atoms with Crippen LogP contribution in [0.5, 0.6) is 0 Å². The monoisotopic (exact) mass is 171 g/mol. The molecule has 2 nitrogen and oxygen atoms in total. The first-order valence-electron chi connectivity index (χ1n) is 4.79. The number of nitrogens with zero attached hydrogens (tertiary/aromatic N) is 1. The van der Waals surface area contributed by atoms with Gasteiger partial charge in [-0.05, 0) is 27.3 Å². The molecular formula is C10H21NO. The van der Waals surface area contributed by atoms with E-state index < -0.39 is 0 Å². The highest BCUT2D eigenvalue weighted by Gasteiger charge is 2.19. The van der Waals surface area contributed by atoms with Gasteiger partial charge in [0.1, 0.15) is 5.78 Å². The summed E-state index contributed by atoms with van der Waals surface area (Å²) in [7, 11) is 2.02. The summed E-state index contributed by atoms with van der Waals surface area (Å²) in [5, 5.41) is 0. The summed E-state index contributed by atoms with van der Waals surface area (Å²) in [6, 6.07) is 0.570. The second kappa shape index (κ2) is 5.31. The molecule has 0 spiro atoms. The maximum Gasteiger partial charge on any atom is 0.149 e. The number of rotatable bonds is 5. The Morgan fingerprint density at radius 1 is 1.33 bits per heavy atom. The molecule has 0 aromatic carbocycles. The zero-order valence-corrected chi connectivity index (χ0v) is 8.92. The van der Waals surface area contributed by atoms with Crippen LogP contribution >= 0.6 is 0 Å². The van der Waals surface area contributed by atoms with Gasteiger partial charge in [-0.15, -0.1) is 0 Å². The molecule has 0 aliphatic heterocycles. The molecular weight excluding hydrogens is 150 g/mol. The van der Waals surface area contributed by atoms with Gasteiger partial charge in [0.2, 0.25) is 0 Å². The Bertz CT molecular complexity index is 145. The van der Waals surface area contributed by atoms with E-state index in [1.54, 1.807) is 0 Å². The predicted octanol–water partition coefficient (Wildman–Crippen LogP) is 2.08. The van der Waals surface area contributed by atoms with Crippen LogP contribution < -0.4 is 0 Å². The normalized spacial score (nSPS) is 16.2. The molecule has 0 aromatic rings.